The SMILES string of the molecule is CCC(C)C1CCc2ccc3c(cc(-c4ccccc4)c4ccccc43)c2C1C(C)=O.c1cnccn1. The second-order valence-corrected chi connectivity index (χ2v) is 10.1. The topological polar surface area (TPSA) is 42.9 Å². The third-order valence-electron chi connectivity index (χ3n) is 8.03. The maximum Gasteiger partial charge on any atom is 0.137 e. The number of aromatic nitrogens is 2. The lowest BCUT2D eigenvalue weighted by Gasteiger charge is -2.37. The molecule has 37 heavy (non-hydrogen) atoms. The summed E-state index contributed by atoms with van der Waals surface area (Å²) in [4.78, 5) is 20.5. The first kappa shape index (κ1) is 24.8. The number of hydrogen-bond acceptors (Lipinski definition) is 3. The fraction of sp³-hybridized carbons (Fsp3) is 0.265. The molecule has 0 saturated heterocycles. The minimum absolute atomic E-state index is 0.00724. The zero-order valence-electron chi connectivity index (χ0n) is 21.9. The zero-order chi connectivity index (χ0) is 25.8. The van der Waals surface area contributed by atoms with Crippen LogP contribution in [-0.4, -0.2) is 15.8 Å². The molecule has 1 aliphatic rings. The Kier molecular flexibility index (Phi) is 7.41. The van der Waals surface area contributed by atoms with Gasteiger partial charge >= 0.3 is 0 Å². The van der Waals surface area contributed by atoms with Crippen LogP contribution < -0.4 is 0 Å². The molecule has 4 aromatic carbocycles. The highest BCUT2D eigenvalue weighted by Gasteiger charge is 2.36. The van der Waals surface area contributed by atoms with Gasteiger partial charge in [-0.05, 0) is 81.5 Å². The summed E-state index contributed by atoms with van der Waals surface area (Å²) < 4.78 is 0. The molecule has 0 bridgehead atoms. The molecule has 6 rings (SSSR count). The number of nitrogens with zero attached hydrogens (tertiary/aromatic N) is 2. The molecule has 0 radical (unpaired) electrons. The summed E-state index contributed by atoms with van der Waals surface area (Å²) in [6.45, 7) is 6.37. The van der Waals surface area contributed by atoms with E-state index in [9.17, 15) is 4.79 Å². The molecule has 1 heterocycles. The second kappa shape index (κ2) is 11.0. The molecule has 0 amide bonds. The normalized spacial score (nSPS) is 17.5. The van der Waals surface area contributed by atoms with E-state index in [-0.39, 0.29) is 5.92 Å². The number of carbonyl (C=O) groups excluding carboxylic acids is 1. The highest BCUT2D eigenvalue weighted by Crippen LogP contribution is 2.47. The summed E-state index contributed by atoms with van der Waals surface area (Å²) in [7, 11) is 0. The minimum atomic E-state index is -0.00724. The zero-order valence-corrected chi connectivity index (χ0v) is 21.9. The van der Waals surface area contributed by atoms with Crippen molar-refractivity contribution in [2.75, 3.05) is 0 Å². The average molecular weight is 487 g/mol. The van der Waals surface area contributed by atoms with Gasteiger partial charge in [0, 0.05) is 30.7 Å². The quantitative estimate of drug-likeness (QED) is 0.239. The van der Waals surface area contributed by atoms with Gasteiger partial charge in [0.15, 0.2) is 0 Å². The van der Waals surface area contributed by atoms with Crippen LogP contribution in [0, 0.1) is 11.8 Å². The van der Waals surface area contributed by atoms with E-state index in [4.69, 9.17) is 0 Å². The Labute approximate surface area is 219 Å². The van der Waals surface area contributed by atoms with Crippen molar-refractivity contribution < 1.29 is 4.79 Å². The van der Waals surface area contributed by atoms with Crippen molar-refractivity contribution in [2.24, 2.45) is 11.8 Å². The lowest BCUT2D eigenvalue weighted by molar-refractivity contribution is -0.120. The van der Waals surface area contributed by atoms with Crippen LogP contribution >= 0.6 is 0 Å². The average Bonchev–Trinajstić information content (AvgIpc) is 2.97. The molecular weight excluding hydrogens is 452 g/mol. The molecular formula is C34H34N2O. The first-order valence-corrected chi connectivity index (χ1v) is 13.3. The molecule has 3 atom stereocenters. The molecule has 1 aliphatic carbocycles. The van der Waals surface area contributed by atoms with E-state index in [0.717, 1.165) is 19.3 Å². The van der Waals surface area contributed by atoms with Gasteiger partial charge in [0.25, 0.3) is 0 Å². The van der Waals surface area contributed by atoms with Gasteiger partial charge in [-0.1, -0.05) is 87.0 Å². The molecule has 0 saturated carbocycles. The molecule has 5 aromatic rings. The number of rotatable bonds is 4. The van der Waals surface area contributed by atoms with Crippen LogP contribution in [0.2, 0.25) is 0 Å². The molecule has 0 spiro atoms. The first-order valence-electron chi connectivity index (χ1n) is 13.3. The molecule has 186 valence electrons. The van der Waals surface area contributed by atoms with Gasteiger partial charge in [-0.3, -0.25) is 14.8 Å². The van der Waals surface area contributed by atoms with Gasteiger partial charge in [0.1, 0.15) is 5.78 Å². The van der Waals surface area contributed by atoms with Crippen LogP contribution in [-0.2, 0) is 11.2 Å². The van der Waals surface area contributed by atoms with Crippen LogP contribution in [0.3, 0.4) is 0 Å². The van der Waals surface area contributed by atoms with Crippen LogP contribution in [0.15, 0.2) is 97.6 Å². The lowest BCUT2D eigenvalue weighted by Crippen LogP contribution is -2.30. The summed E-state index contributed by atoms with van der Waals surface area (Å²) in [6.07, 6.45) is 9.85. The number of Topliss-reactive ketones (excluding diaryl/α,β-unsaturated/α-hetero) is 1. The van der Waals surface area contributed by atoms with Crippen molar-refractivity contribution in [1.82, 2.24) is 9.97 Å². The predicted molar refractivity (Wildman–Crippen MR) is 154 cm³/mol. The van der Waals surface area contributed by atoms with E-state index in [1.807, 2.05) is 0 Å². The number of hydrogen-bond donors (Lipinski definition) is 0. The molecule has 3 nitrogen and oxygen atoms in total. The largest absolute Gasteiger partial charge is 0.299 e. The molecule has 0 fully saturated rings. The third kappa shape index (κ3) is 4.91. The highest BCUT2D eigenvalue weighted by atomic mass is 16.1. The van der Waals surface area contributed by atoms with E-state index in [1.54, 1.807) is 31.7 Å². The van der Waals surface area contributed by atoms with Crippen LogP contribution in [0.1, 0.15) is 50.7 Å². The Bertz CT molecular complexity index is 1480. The lowest BCUT2D eigenvalue weighted by atomic mass is 9.66. The Hall–Kier alpha value is -3.85. The van der Waals surface area contributed by atoms with Gasteiger partial charge in [0.2, 0.25) is 0 Å². The third-order valence-corrected chi connectivity index (χ3v) is 8.03. The molecule has 1 aromatic heterocycles. The summed E-state index contributed by atoms with van der Waals surface area (Å²) in [5, 5.41) is 5.08. The summed E-state index contributed by atoms with van der Waals surface area (Å²) in [5.41, 5.74) is 5.14. The van der Waals surface area contributed by atoms with E-state index in [1.165, 1.54) is 43.8 Å². The predicted octanol–water partition coefficient (Wildman–Crippen LogP) is 8.42. The fourth-order valence-electron chi connectivity index (χ4n) is 6.07. The number of aryl methyl sites for hydroxylation is 1. The van der Waals surface area contributed by atoms with E-state index in [2.05, 4.69) is 96.6 Å². The van der Waals surface area contributed by atoms with E-state index in [0.29, 0.717) is 17.6 Å². The fourth-order valence-corrected chi connectivity index (χ4v) is 6.07. The monoisotopic (exact) mass is 486 g/mol. The number of ketones is 1. The molecule has 0 N–H and O–H groups in total. The van der Waals surface area contributed by atoms with Crippen molar-refractivity contribution in [2.45, 2.75) is 46.0 Å². The standard InChI is InChI=1S/C30H30O.C4H4N2/c1-4-19(2)23-16-14-22-15-17-26-24-12-8-9-13-25(24)27(21-10-6-5-7-11-21)18-28(26)30(22)29(23)20(3)31;1-2-6-4-3-5-1/h5-13,15,17-19,23,29H,4,14,16H2,1-3H3;1-4H. The smallest absolute Gasteiger partial charge is 0.137 e. The van der Waals surface area contributed by atoms with Crippen molar-refractivity contribution in [3.63, 3.8) is 0 Å². The highest BCUT2D eigenvalue weighted by molar-refractivity contribution is 6.15. The van der Waals surface area contributed by atoms with Gasteiger partial charge < -0.3 is 0 Å². The van der Waals surface area contributed by atoms with Gasteiger partial charge in [-0.25, -0.2) is 0 Å². The molecule has 0 aliphatic heterocycles. The van der Waals surface area contributed by atoms with Crippen LogP contribution in [0.25, 0.3) is 32.7 Å². The van der Waals surface area contributed by atoms with Crippen LogP contribution in [0.4, 0.5) is 0 Å². The summed E-state index contributed by atoms with van der Waals surface area (Å²) in [6, 6.07) is 26.3. The first-order chi connectivity index (χ1) is 18.1. The van der Waals surface area contributed by atoms with Crippen molar-refractivity contribution in [1.29, 1.82) is 0 Å². The number of fused-ring (bicyclic) bond motifs is 5. The number of benzene rings is 4. The minimum Gasteiger partial charge on any atom is -0.299 e. The van der Waals surface area contributed by atoms with Crippen molar-refractivity contribution in [3.8, 4) is 11.1 Å². The maximum atomic E-state index is 13.1. The van der Waals surface area contributed by atoms with E-state index < -0.39 is 0 Å². The van der Waals surface area contributed by atoms with E-state index >= 15 is 0 Å². The van der Waals surface area contributed by atoms with Gasteiger partial charge in [-0.2, -0.15) is 0 Å². The maximum absolute atomic E-state index is 13.1. The van der Waals surface area contributed by atoms with Crippen LogP contribution in [0.5, 0.6) is 0 Å². The summed E-state index contributed by atoms with van der Waals surface area (Å²) in [5.74, 6) is 1.28. The van der Waals surface area contributed by atoms with Crippen molar-refractivity contribution in [3.05, 3.63) is 109 Å². The molecule has 3 heteroatoms. The number of carbonyl (C=O) groups is 1. The Morgan fingerprint density at radius 3 is 2.08 bits per heavy atom. The van der Waals surface area contributed by atoms with Gasteiger partial charge in [0.05, 0.1) is 0 Å². The Morgan fingerprint density at radius 2 is 1.46 bits per heavy atom. The molecule has 3 unspecified atom stereocenters. The van der Waals surface area contributed by atoms with Gasteiger partial charge in [-0.15, -0.1) is 0 Å². The second-order valence-electron chi connectivity index (χ2n) is 10.1. The summed E-state index contributed by atoms with van der Waals surface area (Å²) >= 11 is 0. The Morgan fingerprint density at radius 1 is 0.838 bits per heavy atom. The van der Waals surface area contributed by atoms with Crippen molar-refractivity contribution >= 4 is 27.3 Å². The Balaban J connectivity index is 0.000000412.